The van der Waals surface area contributed by atoms with Crippen LogP contribution in [0.3, 0.4) is 0 Å². The van der Waals surface area contributed by atoms with E-state index in [1.54, 1.807) is 4.68 Å². The number of aryl methyl sites for hydroxylation is 1. The minimum absolute atomic E-state index is 0.0362. The van der Waals surface area contributed by atoms with Crippen LogP contribution in [0.1, 0.15) is 17.2 Å². The van der Waals surface area contributed by atoms with Gasteiger partial charge >= 0.3 is 0 Å². The van der Waals surface area contributed by atoms with E-state index in [0.717, 1.165) is 34.3 Å². The van der Waals surface area contributed by atoms with Gasteiger partial charge < -0.3 is 30.7 Å². The molecule has 2 aromatic carbocycles. The van der Waals surface area contributed by atoms with Gasteiger partial charge in [0.05, 0.1) is 24.5 Å². The van der Waals surface area contributed by atoms with Crippen molar-refractivity contribution in [3.63, 3.8) is 0 Å². The van der Waals surface area contributed by atoms with Gasteiger partial charge in [-0.1, -0.05) is 64.5 Å². The zero-order valence-corrected chi connectivity index (χ0v) is 24.3. The molecule has 2 atom stereocenters. The molecule has 3 heterocycles. The zero-order valence-electron chi connectivity index (χ0n) is 22.7. The van der Waals surface area contributed by atoms with Crippen LogP contribution in [0.15, 0.2) is 83.7 Å². The lowest BCUT2D eigenvalue weighted by atomic mass is 9.99. The summed E-state index contributed by atoms with van der Waals surface area (Å²) >= 11 is 3.65. The van der Waals surface area contributed by atoms with Crippen LogP contribution in [0.25, 0.3) is 11.1 Å². The number of nitrogens with zero attached hydrogens (tertiary/aromatic N) is 3. The standard InChI is InChI=1S/C26H26BrN5O.3CH2O2/c1-32-17-21(15-31-32)20-13-23-26(30-14-20)33-24(16-29-23)25(19-8-3-2-4-9-19)28-12-11-18-7-5-6-10-22(18)27;3*2-1-3/h2-10,13-15,17,24-25,28-29H,11-12,16H2,1H3;3*1H,(H,2,3)/t24-,25+;;;/m0.../s1. The third-order valence-electron chi connectivity index (χ3n) is 5.89. The Hall–Kier alpha value is -4.75. The molecule has 1 aliphatic rings. The van der Waals surface area contributed by atoms with Crippen molar-refractivity contribution in [3.8, 4) is 17.0 Å². The number of halogens is 1. The molecule has 0 saturated carbocycles. The molecule has 5 rings (SSSR count). The predicted molar refractivity (Wildman–Crippen MR) is 160 cm³/mol. The molecule has 0 bridgehead atoms. The summed E-state index contributed by atoms with van der Waals surface area (Å²) in [5, 5.41) is 32.2. The van der Waals surface area contributed by atoms with Crippen LogP contribution in [-0.2, 0) is 27.9 Å². The summed E-state index contributed by atoms with van der Waals surface area (Å²) < 4.78 is 9.34. The van der Waals surface area contributed by atoms with E-state index in [1.807, 2.05) is 37.8 Å². The lowest BCUT2D eigenvalue weighted by Gasteiger charge is -2.33. The minimum atomic E-state index is -0.250. The molecule has 0 amide bonds. The van der Waals surface area contributed by atoms with Crippen molar-refractivity contribution in [1.82, 2.24) is 20.1 Å². The maximum absolute atomic E-state index is 8.36. The molecule has 2 aromatic heterocycles. The first kappa shape index (κ1) is 33.5. The van der Waals surface area contributed by atoms with E-state index in [9.17, 15) is 0 Å². The number of rotatable bonds is 7. The number of nitrogens with one attached hydrogen (secondary N) is 2. The molecule has 5 N–H and O–H groups in total. The van der Waals surface area contributed by atoms with E-state index in [-0.39, 0.29) is 31.6 Å². The van der Waals surface area contributed by atoms with Gasteiger partial charge in [-0.2, -0.15) is 5.10 Å². The third kappa shape index (κ3) is 10.3. The molecule has 222 valence electrons. The van der Waals surface area contributed by atoms with Gasteiger partial charge in [-0.15, -0.1) is 0 Å². The second-order valence-electron chi connectivity index (χ2n) is 8.52. The highest BCUT2D eigenvalue weighted by atomic mass is 79.9. The summed E-state index contributed by atoms with van der Waals surface area (Å²) in [4.78, 5) is 29.7. The highest BCUT2D eigenvalue weighted by Gasteiger charge is 2.29. The number of hydrogen-bond acceptors (Lipinski definition) is 8. The van der Waals surface area contributed by atoms with E-state index < -0.39 is 0 Å². The molecule has 0 saturated heterocycles. The van der Waals surface area contributed by atoms with Gasteiger partial charge in [0, 0.05) is 35.0 Å². The lowest BCUT2D eigenvalue weighted by Crippen LogP contribution is -2.43. The summed E-state index contributed by atoms with van der Waals surface area (Å²) in [5.74, 6) is 0.632. The van der Waals surface area contributed by atoms with E-state index in [0.29, 0.717) is 12.4 Å². The van der Waals surface area contributed by atoms with E-state index in [1.165, 1.54) is 11.1 Å². The van der Waals surface area contributed by atoms with Crippen LogP contribution >= 0.6 is 15.9 Å². The van der Waals surface area contributed by atoms with Gasteiger partial charge in [0.1, 0.15) is 6.10 Å². The van der Waals surface area contributed by atoms with Crippen LogP contribution in [0, 0.1) is 0 Å². The lowest BCUT2D eigenvalue weighted by molar-refractivity contribution is -0.123. The van der Waals surface area contributed by atoms with Gasteiger partial charge in [-0.05, 0) is 36.2 Å². The summed E-state index contributed by atoms with van der Waals surface area (Å²) in [5.41, 5.74) is 5.45. The smallest absolute Gasteiger partial charge is 0.290 e. The number of aromatic nitrogens is 3. The Labute approximate surface area is 251 Å². The van der Waals surface area contributed by atoms with Crippen molar-refractivity contribution >= 4 is 41.0 Å². The zero-order chi connectivity index (χ0) is 30.7. The Morgan fingerprint density at radius 1 is 1.02 bits per heavy atom. The summed E-state index contributed by atoms with van der Waals surface area (Å²) in [6.07, 6.45) is 6.51. The summed E-state index contributed by atoms with van der Waals surface area (Å²) in [7, 11) is 1.91. The van der Waals surface area contributed by atoms with Crippen molar-refractivity contribution in [3.05, 3.63) is 94.9 Å². The Morgan fingerprint density at radius 3 is 2.29 bits per heavy atom. The monoisotopic (exact) mass is 641 g/mol. The second-order valence-corrected chi connectivity index (χ2v) is 9.37. The summed E-state index contributed by atoms with van der Waals surface area (Å²) in [6, 6.07) is 20.9. The maximum atomic E-state index is 8.36. The normalized spacial score (nSPS) is 13.3. The molecule has 1 aliphatic heterocycles. The van der Waals surface area contributed by atoms with Crippen molar-refractivity contribution in [2.24, 2.45) is 7.05 Å². The van der Waals surface area contributed by atoms with Crippen molar-refractivity contribution in [2.45, 2.75) is 18.6 Å². The van der Waals surface area contributed by atoms with Gasteiger partial charge in [-0.3, -0.25) is 19.1 Å². The molecule has 0 spiro atoms. The molecule has 12 nitrogen and oxygen atoms in total. The van der Waals surface area contributed by atoms with Crippen LogP contribution in [0.4, 0.5) is 5.69 Å². The molecule has 0 aliphatic carbocycles. The van der Waals surface area contributed by atoms with Crippen molar-refractivity contribution in [2.75, 3.05) is 18.4 Å². The number of carboxylic acid groups (broad SMARTS) is 3. The Balaban J connectivity index is 0.000000611. The number of anilines is 1. The molecule has 42 heavy (non-hydrogen) atoms. The molecule has 13 heteroatoms. The van der Waals surface area contributed by atoms with Crippen LogP contribution in [0.5, 0.6) is 5.88 Å². The number of benzene rings is 2. The van der Waals surface area contributed by atoms with Gasteiger partial charge in [0.2, 0.25) is 5.88 Å². The third-order valence-corrected chi connectivity index (χ3v) is 6.67. The summed E-state index contributed by atoms with van der Waals surface area (Å²) in [6.45, 7) is 0.773. The van der Waals surface area contributed by atoms with Crippen LogP contribution in [0.2, 0.25) is 0 Å². The fraction of sp³-hybridized carbons (Fsp3) is 0.207. The molecular formula is C29H32BrN5O7. The topological polar surface area (TPSA) is 176 Å². The van der Waals surface area contributed by atoms with E-state index in [2.05, 4.69) is 85.2 Å². The van der Waals surface area contributed by atoms with Gasteiger partial charge in [-0.25, -0.2) is 4.98 Å². The van der Waals surface area contributed by atoms with Gasteiger partial charge in [0.15, 0.2) is 0 Å². The molecular weight excluding hydrogens is 610 g/mol. The Kier molecular flexibility index (Phi) is 14.8. The van der Waals surface area contributed by atoms with Crippen molar-refractivity contribution in [1.29, 1.82) is 0 Å². The Bertz CT molecular complexity index is 1370. The van der Waals surface area contributed by atoms with E-state index >= 15 is 0 Å². The Morgan fingerprint density at radius 2 is 1.67 bits per heavy atom. The maximum Gasteiger partial charge on any atom is 0.290 e. The number of ether oxygens (including phenoxy) is 1. The highest BCUT2D eigenvalue weighted by molar-refractivity contribution is 9.10. The van der Waals surface area contributed by atoms with Crippen LogP contribution < -0.4 is 15.4 Å². The average molecular weight is 643 g/mol. The second kappa shape index (κ2) is 18.6. The fourth-order valence-electron chi connectivity index (χ4n) is 4.17. The number of hydrogen-bond donors (Lipinski definition) is 5. The molecule has 0 fully saturated rings. The SMILES string of the molecule is Cn1cc(-c2cnc3c(c2)NC[C@@H]([C@H](NCCc2ccccc2Br)c2ccccc2)O3)cn1.O=CO.O=CO.O=CO. The molecule has 0 unspecified atom stereocenters. The van der Waals surface area contributed by atoms with Gasteiger partial charge in [0.25, 0.3) is 19.4 Å². The molecule has 4 aromatic rings. The van der Waals surface area contributed by atoms with Crippen LogP contribution in [-0.4, -0.2) is 68.7 Å². The quantitative estimate of drug-likeness (QED) is 0.184. The molecule has 0 radical (unpaired) electrons. The highest BCUT2D eigenvalue weighted by Crippen LogP contribution is 2.34. The van der Waals surface area contributed by atoms with Crippen molar-refractivity contribution < 1.29 is 34.4 Å². The fourth-order valence-corrected chi connectivity index (χ4v) is 4.65. The van der Waals surface area contributed by atoms with E-state index in [4.69, 9.17) is 34.4 Å². The first-order valence-corrected chi connectivity index (χ1v) is 13.4. The first-order valence-electron chi connectivity index (χ1n) is 12.6. The minimum Gasteiger partial charge on any atom is -0.483 e. The first-order chi connectivity index (χ1) is 20.4. The number of fused-ring (bicyclic) bond motifs is 1. The number of carbonyl (C=O) groups is 3. The number of pyridine rings is 1. The largest absolute Gasteiger partial charge is 0.483 e. The average Bonchev–Trinajstić information content (AvgIpc) is 3.44. The predicted octanol–water partition coefficient (Wildman–Crippen LogP) is 4.09.